The fourth-order valence-electron chi connectivity index (χ4n) is 3.02. The summed E-state index contributed by atoms with van der Waals surface area (Å²) >= 11 is 5.89. The summed E-state index contributed by atoms with van der Waals surface area (Å²) in [5.74, 6) is -2.02. The fraction of sp³-hybridized carbons (Fsp3) is 0.316. The largest absolute Gasteiger partial charge is 0.349 e. The molecule has 0 spiro atoms. The first-order chi connectivity index (χ1) is 12.0. The maximum atomic E-state index is 13.7. The minimum absolute atomic E-state index is 0.00146. The predicted octanol–water partition coefficient (Wildman–Crippen LogP) is 4.01. The number of nitrogens with one attached hydrogen (secondary N) is 1. The van der Waals surface area contributed by atoms with Crippen molar-refractivity contribution in [3.05, 3.63) is 70.2 Å². The Kier molecular flexibility index (Phi) is 5.66. The molecule has 1 heterocycles. The fourth-order valence-corrected chi connectivity index (χ4v) is 3.15. The minimum Gasteiger partial charge on any atom is -0.349 e. The van der Waals surface area contributed by atoms with Gasteiger partial charge in [0.15, 0.2) is 0 Å². The second-order valence-corrected chi connectivity index (χ2v) is 6.71. The summed E-state index contributed by atoms with van der Waals surface area (Å²) in [6.45, 7) is 2.53. The van der Waals surface area contributed by atoms with Gasteiger partial charge in [0.1, 0.15) is 11.6 Å². The van der Waals surface area contributed by atoms with Crippen molar-refractivity contribution in [2.75, 3.05) is 13.1 Å². The van der Waals surface area contributed by atoms with Gasteiger partial charge >= 0.3 is 0 Å². The Bertz CT molecular complexity index is 744. The lowest BCUT2D eigenvalue weighted by Crippen LogP contribution is -2.44. The van der Waals surface area contributed by atoms with Gasteiger partial charge in [-0.3, -0.25) is 9.69 Å². The zero-order valence-corrected chi connectivity index (χ0v) is 14.4. The van der Waals surface area contributed by atoms with Gasteiger partial charge in [0.25, 0.3) is 5.91 Å². The Morgan fingerprint density at radius 3 is 2.44 bits per heavy atom. The monoisotopic (exact) mass is 364 g/mol. The number of nitrogens with zero attached hydrogens (tertiary/aromatic N) is 1. The lowest BCUT2D eigenvalue weighted by molar-refractivity contribution is 0.0905. The summed E-state index contributed by atoms with van der Waals surface area (Å²) < 4.78 is 26.6. The van der Waals surface area contributed by atoms with Crippen molar-refractivity contribution in [2.45, 2.75) is 25.4 Å². The van der Waals surface area contributed by atoms with Gasteiger partial charge in [-0.05, 0) is 42.7 Å². The van der Waals surface area contributed by atoms with Gasteiger partial charge in [-0.1, -0.05) is 23.7 Å². The highest BCUT2D eigenvalue weighted by Crippen LogP contribution is 2.17. The molecular weight excluding hydrogens is 346 g/mol. The smallest absolute Gasteiger partial charge is 0.254 e. The van der Waals surface area contributed by atoms with Crippen molar-refractivity contribution in [3.8, 4) is 0 Å². The van der Waals surface area contributed by atoms with Crippen LogP contribution in [0.15, 0.2) is 42.5 Å². The Morgan fingerprint density at radius 1 is 1.12 bits per heavy atom. The Balaban J connectivity index is 1.50. The number of carbonyl (C=O) groups excluding carboxylic acids is 1. The van der Waals surface area contributed by atoms with Crippen molar-refractivity contribution in [2.24, 2.45) is 0 Å². The topological polar surface area (TPSA) is 32.3 Å². The molecule has 1 N–H and O–H groups in total. The van der Waals surface area contributed by atoms with Crippen molar-refractivity contribution in [1.29, 1.82) is 0 Å². The zero-order valence-electron chi connectivity index (χ0n) is 13.6. The highest BCUT2D eigenvalue weighted by molar-refractivity contribution is 6.30. The molecule has 132 valence electrons. The molecule has 0 radical (unpaired) electrons. The van der Waals surface area contributed by atoms with Crippen LogP contribution in [0.2, 0.25) is 5.02 Å². The first kappa shape index (κ1) is 17.8. The maximum Gasteiger partial charge on any atom is 0.254 e. The normalized spacial score (nSPS) is 16.0. The third-order valence-electron chi connectivity index (χ3n) is 4.42. The quantitative estimate of drug-likeness (QED) is 0.889. The van der Waals surface area contributed by atoms with Crippen LogP contribution in [0.25, 0.3) is 0 Å². The van der Waals surface area contributed by atoms with E-state index >= 15 is 0 Å². The summed E-state index contributed by atoms with van der Waals surface area (Å²) in [5.41, 5.74) is 1.07. The van der Waals surface area contributed by atoms with E-state index in [1.807, 2.05) is 24.3 Å². The van der Waals surface area contributed by atoms with Crippen molar-refractivity contribution >= 4 is 17.5 Å². The Labute approximate surface area is 150 Å². The van der Waals surface area contributed by atoms with Crippen LogP contribution in [0.1, 0.15) is 28.8 Å². The number of likely N-dealkylation sites (tertiary alicyclic amines) is 1. The summed E-state index contributed by atoms with van der Waals surface area (Å²) in [4.78, 5) is 14.5. The molecule has 0 saturated carbocycles. The molecule has 25 heavy (non-hydrogen) atoms. The molecule has 0 aliphatic carbocycles. The van der Waals surface area contributed by atoms with Crippen LogP contribution >= 0.6 is 11.6 Å². The first-order valence-corrected chi connectivity index (χ1v) is 8.62. The molecule has 1 saturated heterocycles. The lowest BCUT2D eigenvalue weighted by Gasteiger charge is -2.32. The van der Waals surface area contributed by atoms with E-state index in [0.29, 0.717) is 0 Å². The van der Waals surface area contributed by atoms with Gasteiger partial charge in [-0.15, -0.1) is 0 Å². The second-order valence-electron chi connectivity index (χ2n) is 6.27. The minimum atomic E-state index is -0.835. The Morgan fingerprint density at radius 2 is 1.80 bits per heavy atom. The third-order valence-corrected chi connectivity index (χ3v) is 4.67. The molecule has 6 heteroatoms. The molecule has 2 aromatic rings. The van der Waals surface area contributed by atoms with Crippen LogP contribution in [0.4, 0.5) is 8.78 Å². The number of amides is 1. The number of carbonyl (C=O) groups is 1. The van der Waals surface area contributed by atoms with Crippen LogP contribution in [0.3, 0.4) is 0 Å². The average molecular weight is 365 g/mol. The van der Waals surface area contributed by atoms with Gasteiger partial charge in [-0.25, -0.2) is 8.78 Å². The van der Waals surface area contributed by atoms with Gasteiger partial charge in [0.05, 0.1) is 5.56 Å². The highest BCUT2D eigenvalue weighted by Gasteiger charge is 2.22. The summed E-state index contributed by atoms with van der Waals surface area (Å²) in [7, 11) is 0. The van der Waals surface area contributed by atoms with E-state index in [1.54, 1.807) is 0 Å². The first-order valence-electron chi connectivity index (χ1n) is 8.24. The molecule has 0 unspecified atom stereocenters. The lowest BCUT2D eigenvalue weighted by atomic mass is 10.0. The summed E-state index contributed by atoms with van der Waals surface area (Å²) in [6, 6.07) is 10.8. The molecule has 1 fully saturated rings. The highest BCUT2D eigenvalue weighted by atomic mass is 35.5. The molecule has 0 bridgehead atoms. The molecule has 1 amide bonds. The number of halogens is 3. The molecule has 0 atom stereocenters. The molecular formula is C19H19ClF2N2O. The molecule has 3 rings (SSSR count). The zero-order chi connectivity index (χ0) is 17.8. The molecule has 1 aliphatic rings. The third kappa shape index (κ3) is 4.77. The van der Waals surface area contributed by atoms with Crippen molar-refractivity contribution in [3.63, 3.8) is 0 Å². The maximum absolute atomic E-state index is 13.7. The number of hydrogen-bond donors (Lipinski definition) is 1. The van der Waals surface area contributed by atoms with E-state index in [4.69, 9.17) is 11.6 Å². The summed E-state index contributed by atoms with van der Waals surface area (Å²) in [6.07, 6.45) is 1.59. The van der Waals surface area contributed by atoms with Crippen LogP contribution in [0.5, 0.6) is 0 Å². The molecule has 3 nitrogen and oxygen atoms in total. The Hall–Kier alpha value is -1.98. The van der Waals surface area contributed by atoms with Gasteiger partial charge < -0.3 is 5.32 Å². The standard InChI is InChI=1S/C19H19ClF2N2O/c20-14-3-1-13(2-4-14)12-24-9-7-16(8-10-24)23-19(25)17-6-5-15(21)11-18(17)22/h1-6,11,16H,7-10,12H2,(H,23,25). The van der Waals surface area contributed by atoms with Crippen LogP contribution in [0, 0.1) is 11.6 Å². The SMILES string of the molecule is O=C(NC1CCN(Cc2ccc(Cl)cc2)CC1)c1ccc(F)cc1F. The molecule has 2 aromatic carbocycles. The molecule has 0 aromatic heterocycles. The van der Waals surface area contributed by atoms with Crippen LogP contribution in [-0.4, -0.2) is 29.9 Å². The van der Waals surface area contributed by atoms with Gasteiger partial charge in [0.2, 0.25) is 0 Å². The molecule has 1 aliphatic heterocycles. The van der Waals surface area contributed by atoms with Crippen LogP contribution in [-0.2, 0) is 6.54 Å². The van der Waals surface area contributed by atoms with E-state index in [0.717, 1.165) is 49.6 Å². The number of piperidine rings is 1. The number of rotatable bonds is 4. The van der Waals surface area contributed by atoms with Gasteiger partial charge in [0, 0.05) is 36.8 Å². The van der Waals surface area contributed by atoms with E-state index in [9.17, 15) is 13.6 Å². The van der Waals surface area contributed by atoms with E-state index < -0.39 is 17.5 Å². The van der Waals surface area contributed by atoms with E-state index in [1.165, 1.54) is 11.6 Å². The predicted molar refractivity (Wildman–Crippen MR) is 93.6 cm³/mol. The average Bonchev–Trinajstić information content (AvgIpc) is 2.58. The summed E-state index contributed by atoms with van der Waals surface area (Å²) in [5, 5.41) is 3.56. The van der Waals surface area contributed by atoms with Crippen molar-refractivity contribution < 1.29 is 13.6 Å². The number of benzene rings is 2. The van der Waals surface area contributed by atoms with E-state index in [-0.39, 0.29) is 11.6 Å². The van der Waals surface area contributed by atoms with Crippen molar-refractivity contribution in [1.82, 2.24) is 10.2 Å². The van der Waals surface area contributed by atoms with Gasteiger partial charge in [-0.2, -0.15) is 0 Å². The second kappa shape index (κ2) is 7.93. The number of hydrogen-bond acceptors (Lipinski definition) is 2. The van der Waals surface area contributed by atoms with E-state index in [2.05, 4.69) is 10.2 Å². The van der Waals surface area contributed by atoms with Crippen LogP contribution < -0.4 is 5.32 Å².